The van der Waals surface area contributed by atoms with Crippen LogP contribution in [0.25, 0.3) is 71.6 Å². The number of hydrogen-bond acceptors (Lipinski definition) is 7. The summed E-state index contributed by atoms with van der Waals surface area (Å²) in [6.07, 6.45) is 9.57. The molecule has 0 aliphatic rings. The molecule has 0 saturated carbocycles. The maximum atomic E-state index is 11.8. The van der Waals surface area contributed by atoms with E-state index in [0.717, 1.165) is 33.6 Å². The Morgan fingerprint density at radius 2 is 1.11 bits per heavy atom. The summed E-state index contributed by atoms with van der Waals surface area (Å²) in [5.74, 6) is 2.21. The number of allylic oxidation sites excluding steroid dienone is 4. The summed E-state index contributed by atoms with van der Waals surface area (Å²) in [5, 5.41) is 14.3. The van der Waals surface area contributed by atoms with E-state index in [2.05, 4.69) is 86.0 Å². The predicted octanol–water partition coefficient (Wildman–Crippen LogP) is 13.0. The first kappa shape index (κ1) is 48.5. The molecule has 4 aromatic carbocycles. The Bertz CT molecular complexity index is 3270. The average molecular weight is 925 g/mol. The van der Waals surface area contributed by atoms with Crippen molar-refractivity contribution in [3.05, 3.63) is 181 Å². The SMILES string of the molecule is [C-]#[N+]/C(c1nc2cc(C)ccc2o1)=c1\c2c(-c3cccc(OCC(C)C)c3)n(B(CC=C)CC=C)/c(=C(/C#N)c3nc4cc(C)ccc4o3)c2c(-c2cccc(OCC(C)C)c2)n1B(CC=C)CC=C. The quantitative estimate of drug-likeness (QED) is 0.0425. The minimum absolute atomic E-state index is 0.159. The predicted molar refractivity (Wildman–Crippen MR) is 288 cm³/mol. The molecular weight excluding hydrogens is 866 g/mol. The van der Waals surface area contributed by atoms with E-state index in [4.69, 9.17) is 28.3 Å². The molecule has 0 spiro atoms. The van der Waals surface area contributed by atoms with Crippen molar-refractivity contribution in [3.8, 4) is 40.1 Å². The largest absolute Gasteiger partial charge is 0.493 e. The van der Waals surface area contributed by atoms with E-state index >= 15 is 0 Å². The van der Waals surface area contributed by atoms with Crippen molar-refractivity contribution in [2.24, 2.45) is 11.8 Å². The molecule has 4 aromatic heterocycles. The van der Waals surface area contributed by atoms with Gasteiger partial charge in [-0.25, -0.2) is 14.8 Å². The van der Waals surface area contributed by atoms with Crippen molar-refractivity contribution in [2.75, 3.05) is 13.2 Å². The van der Waals surface area contributed by atoms with Crippen LogP contribution in [-0.2, 0) is 0 Å². The van der Waals surface area contributed by atoms with Crippen LogP contribution < -0.4 is 20.2 Å². The molecule has 0 amide bonds. The highest BCUT2D eigenvalue weighted by molar-refractivity contribution is 6.60. The zero-order valence-electron chi connectivity index (χ0n) is 41.1. The van der Waals surface area contributed by atoms with E-state index in [1.54, 1.807) is 0 Å². The van der Waals surface area contributed by atoms with Crippen molar-refractivity contribution >= 4 is 57.9 Å². The third-order valence-electron chi connectivity index (χ3n) is 12.2. The van der Waals surface area contributed by atoms with Gasteiger partial charge in [0.15, 0.2) is 11.2 Å². The van der Waals surface area contributed by atoms with E-state index in [0.29, 0.717) is 93.7 Å². The monoisotopic (exact) mass is 924 g/mol. The summed E-state index contributed by atoms with van der Waals surface area (Å²) in [6.45, 7) is 38.9. The van der Waals surface area contributed by atoms with Gasteiger partial charge in [-0.05, 0) is 111 Å². The number of aromatic nitrogens is 4. The average Bonchev–Trinajstić information content (AvgIpc) is 4.12. The Hall–Kier alpha value is -7.95. The summed E-state index contributed by atoms with van der Waals surface area (Å²) in [5.41, 5.74) is 7.82. The Morgan fingerprint density at radius 1 is 0.671 bits per heavy atom. The second-order valence-electron chi connectivity index (χ2n) is 18.7. The molecule has 0 atom stereocenters. The first-order valence-corrected chi connectivity index (χ1v) is 23.9. The Labute approximate surface area is 411 Å². The van der Waals surface area contributed by atoms with Crippen LogP contribution in [0.5, 0.6) is 11.5 Å². The van der Waals surface area contributed by atoms with Crippen LogP contribution in [0.1, 0.15) is 50.6 Å². The molecule has 0 unspecified atom stereocenters. The topological polar surface area (TPSA) is 109 Å². The zero-order chi connectivity index (χ0) is 49.6. The number of oxazole rings is 2. The molecule has 0 radical (unpaired) electrons. The first-order valence-electron chi connectivity index (χ1n) is 23.9. The van der Waals surface area contributed by atoms with Gasteiger partial charge >= 0.3 is 0 Å². The van der Waals surface area contributed by atoms with Crippen molar-refractivity contribution in [1.29, 1.82) is 5.26 Å². The molecule has 0 bridgehead atoms. The Morgan fingerprint density at radius 3 is 1.56 bits per heavy atom. The number of rotatable bonds is 20. The lowest BCUT2D eigenvalue weighted by Crippen LogP contribution is -2.37. The van der Waals surface area contributed by atoms with Gasteiger partial charge in [0, 0.05) is 38.6 Å². The fourth-order valence-corrected chi connectivity index (χ4v) is 9.24. The number of aryl methyl sites for hydroxylation is 2. The van der Waals surface area contributed by atoms with Gasteiger partial charge in [0.05, 0.1) is 25.1 Å². The van der Waals surface area contributed by atoms with Crippen LogP contribution in [0.3, 0.4) is 0 Å². The minimum Gasteiger partial charge on any atom is -0.493 e. The second kappa shape index (κ2) is 21.1. The summed E-state index contributed by atoms with van der Waals surface area (Å²) >= 11 is 0. The van der Waals surface area contributed by atoms with Crippen LogP contribution in [0.2, 0.25) is 25.3 Å². The normalized spacial score (nSPS) is 12.3. The van der Waals surface area contributed by atoms with Crippen LogP contribution >= 0.6 is 0 Å². The number of nitriles is 1. The first-order chi connectivity index (χ1) is 33.9. The molecule has 0 saturated heterocycles. The molecule has 350 valence electrons. The van der Waals surface area contributed by atoms with Crippen molar-refractivity contribution in [1.82, 2.24) is 18.9 Å². The standard InChI is InChI=1S/C58H58B2N6O4/c1-12-26-59(27-13-2)65-54(42-19-17-21-44(33-42)68-36-38(7)8)51-50(55(65)45(34-61)57-63-46-30-39(9)22-24-48(46)69-57)53(41-18-16-20-43(32-41)67-35-37(5)6)66(60(28-14-3)29-15-4)56(51)52(62-11)58-64-47-31-40(10)23-25-49(47)70-58/h12-25,30-33,37-38H,1-4,26-29,35-36H2,5-10H3/b55-45-,56-52+. The number of benzene rings is 4. The summed E-state index contributed by atoms with van der Waals surface area (Å²) in [4.78, 5) is 14.5. The molecular formula is C58H58B2N6O4. The van der Waals surface area contributed by atoms with E-state index < -0.39 is 0 Å². The Kier molecular flexibility index (Phi) is 14.6. The fraction of sp³-hybridized carbons (Fsp3) is 0.241. The minimum atomic E-state index is -0.335. The van der Waals surface area contributed by atoms with Gasteiger partial charge in [0.25, 0.3) is 19.4 Å². The molecule has 0 aliphatic carbocycles. The summed E-state index contributed by atoms with van der Waals surface area (Å²) in [6, 6.07) is 30.3. The smallest absolute Gasteiger partial charge is 0.269 e. The van der Waals surface area contributed by atoms with Crippen LogP contribution in [0.15, 0.2) is 144 Å². The third kappa shape index (κ3) is 9.55. The van der Waals surface area contributed by atoms with E-state index in [1.165, 1.54) is 0 Å². The third-order valence-corrected chi connectivity index (χ3v) is 12.2. The molecule has 0 aliphatic heterocycles. The molecule has 8 rings (SSSR count). The maximum absolute atomic E-state index is 11.8. The van der Waals surface area contributed by atoms with Crippen molar-refractivity contribution < 1.29 is 18.3 Å². The molecule has 4 heterocycles. The molecule has 70 heavy (non-hydrogen) atoms. The maximum Gasteiger partial charge on any atom is 0.269 e. The Balaban J connectivity index is 1.75. The van der Waals surface area contributed by atoms with Gasteiger partial charge in [-0.2, -0.15) is 5.26 Å². The van der Waals surface area contributed by atoms with Gasteiger partial charge in [-0.15, -0.1) is 26.3 Å². The lowest BCUT2D eigenvalue weighted by Gasteiger charge is -2.22. The molecule has 12 heteroatoms. The lowest BCUT2D eigenvalue weighted by atomic mass is 9.55. The van der Waals surface area contributed by atoms with Gasteiger partial charge in [0.1, 0.15) is 34.2 Å². The van der Waals surface area contributed by atoms with Gasteiger partial charge in [0.2, 0.25) is 11.8 Å². The molecule has 8 aromatic rings. The van der Waals surface area contributed by atoms with Crippen LogP contribution in [0.4, 0.5) is 0 Å². The van der Waals surface area contributed by atoms with E-state index in [1.807, 2.05) is 111 Å². The second-order valence-corrected chi connectivity index (χ2v) is 18.7. The summed E-state index contributed by atoms with van der Waals surface area (Å²) in [7, 11) is 0. The van der Waals surface area contributed by atoms with E-state index in [9.17, 15) is 11.8 Å². The molecule has 0 N–H and O–H groups in total. The zero-order valence-corrected chi connectivity index (χ0v) is 41.1. The van der Waals surface area contributed by atoms with Crippen molar-refractivity contribution in [2.45, 2.75) is 66.8 Å². The number of nitrogens with zero attached hydrogens (tertiary/aromatic N) is 6. The highest BCUT2D eigenvalue weighted by Crippen LogP contribution is 2.40. The molecule has 10 nitrogen and oxygen atoms in total. The summed E-state index contributed by atoms with van der Waals surface area (Å²) < 4.78 is 30.6. The molecule has 0 fully saturated rings. The highest BCUT2D eigenvalue weighted by atomic mass is 16.5. The van der Waals surface area contributed by atoms with E-state index in [-0.39, 0.29) is 48.6 Å². The van der Waals surface area contributed by atoms with Gasteiger partial charge in [-0.1, -0.05) is 88.4 Å². The van der Waals surface area contributed by atoms with Crippen molar-refractivity contribution in [3.63, 3.8) is 0 Å². The van der Waals surface area contributed by atoms with Gasteiger partial charge < -0.3 is 27.3 Å². The lowest BCUT2D eigenvalue weighted by molar-refractivity contribution is 0.271. The number of ether oxygens (including phenoxy) is 2. The number of fused-ring (bicyclic) bond motifs is 3. The number of hydrogen-bond donors (Lipinski definition) is 0. The highest BCUT2D eigenvalue weighted by Gasteiger charge is 2.35. The fourth-order valence-electron chi connectivity index (χ4n) is 9.24. The van der Waals surface area contributed by atoms with Crippen LogP contribution in [0, 0.1) is 43.6 Å². The van der Waals surface area contributed by atoms with Gasteiger partial charge in [-0.3, -0.25) is 0 Å². The van der Waals surface area contributed by atoms with Crippen LogP contribution in [-0.4, -0.2) is 45.8 Å².